The van der Waals surface area contributed by atoms with Crippen LogP contribution in [0.5, 0.6) is 0 Å². The van der Waals surface area contributed by atoms with Crippen LogP contribution in [0.2, 0.25) is 0 Å². The molecule has 0 saturated heterocycles. The first-order chi connectivity index (χ1) is 34.7. The molecular weight excluding hydrogens is 847 g/mol. The standard InChI is InChI=1S/C68H45NO/c1-2-11-50(12-3-1)64-41-34-55(44-66(64)68-45-57-15-6-9-20-67(57)70-68)49-31-39-60(40-32-49)69(59-37-29-48(30-38-59)54-33-42-65-56(43-54)26-25-52-14-5-8-18-62(52)65)58-35-27-47(28-36-58)46-21-23-53(24-22-46)63-19-10-16-51-13-4-7-17-61(51)63/h1-45H. The minimum Gasteiger partial charge on any atom is -0.456 e. The minimum atomic E-state index is 0.856. The largest absolute Gasteiger partial charge is 0.456 e. The maximum absolute atomic E-state index is 6.49. The van der Waals surface area contributed by atoms with Crippen LogP contribution in [0.1, 0.15) is 0 Å². The highest BCUT2D eigenvalue weighted by atomic mass is 16.3. The van der Waals surface area contributed by atoms with Crippen molar-refractivity contribution in [2.75, 3.05) is 4.90 Å². The summed E-state index contributed by atoms with van der Waals surface area (Å²) < 4.78 is 6.49. The minimum absolute atomic E-state index is 0.856. The number of para-hydroxylation sites is 1. The van der Waals surface area contributed by atoms with Gasteiger partial charge in [0.15, 0.2) is 0 Å². The Labute approximate surface area is 407 Å². The normalized spacial score (nSPS) is 11.4. The van der Waals surface area contributed by atoms with Crippen molar-refractivity contribution in [3.05, 3.63) is 273 Å². The summed E-state index contributed by atoms with van der Waals surface area (Å²) in [6, 6.07) is 98.6. The third kappa shape index (κ3) is 7.59. The third-order valence-electron chi connectivity index (χ3n) is 13.9. The first kappa shape index (κ1) is 41.0. The molecule has 0 aliphatic rings. The van der Waals surface area contributed by atoms with Gasteiger partial charge in [-0.05, 0) is 149 Å². The fraction of sp³-hybridized carbons (Fsp3) is 0. The Hall–Kier alpha value is -9.24. The van der Waals surface area contributed by atoms with Gasteiger partial charge in [-0.2, -0.15) is 0 Å². The number of benzene rings is 12. The number of anilines is 3. The van der Waals surface area contributed by atoms with E-state index >= 15 is 0 Å². The summed E-state index contributed by atoms with van der Waals surface area (Å²) in [6.45, 7) is 0. The van der Waals surface area contributed by atoms with Gasteiger partial charge < -0.3 is 9.32 Å². The molecule has 0 atom stereocenters. The highest BCUT2D eigenvalue weighted by molar-refractivity contribution is 6.08. The Bertz CT molecular complexity index is 3980. The molecule has 0 bridgehead atoms. The second-order valence-electron chi connectivity index (χ2n) is 18.1. The smallest absolute Gasteiger partial charge is 0.136 e. The number of hydrogen-bond donors (Lipinski definition) is 0. The molecule has 0 fully saturated rings. The van der Waals surface area contributed by atoms with E-state index < -0.39 is 0 Å². The fourth-order valence-electron chi connectivity index (χ4n) is 10.3. The predicted octanol–water partition coefficient (Wildman–Crippen LogP) is 19.4. The lowest BCUT2D eigenvalue weighted by Gasteiger charge is -2.26. The molecule has 12 aromatic carbocycles. The van der Waals surface area contributed by atoms with Gasteiger partial charge in [0, 0.05) is 28.0 Å². The molecule has 1 aromatic heterocycles. The first-order valence-electron chi connectivity index (χ1n) is 24.0. The van der Waals surface area contributed by atoms with E-state index in [9.17, 15) is 0 Å². The van der Waals surface area contributed by atoms with Crippen molar-refractivity contribution >= 4 is 60.3 Å². The zero-order chi connectivity index (χ0) is 46.4. The fourth-order valence-corrected chi connectivity index (χ4v) is 10.3. The van der Waals surface area contributed by atoms with Crippen LogP contribution in [0.4, 0.5) is 17.1 Å². The third-order valence-corrected chi connectivity index (χ3v) is 13.9. The molecule has 0 aliphatic carbocycles. The molecular formula is C68H45NO. The van der Waals surface area contributed by atoms with Gasteiger partial charge in [-0.25, -0.2) is 0 Å². The summed E-state index contributed by atoms with van der Waals surface area (Å²) in [6.07, 6.45) is 0. The van der Waals surface area contributed by atoms with Crippen molar-refractivity contribution < 1.29 is 4.42 Å². The number of hydrogen-bond acceptors (Lipinski definition) is 2. The SMILES string of the molecule is c1ccc(-c2ccc(-c3ccc(N(c4ccc(-c5ccc(-c6cccc7ccccc67)cc5)cc4)c4ccc(-c5ccc6c(ccc7ccccc76)c5)cc4)cc3)cc2-c2cc3ccccc3o2)cc1. The lowest BCUT2D eigenvalue weighted by molar-refractivity contribution is 0.632. The average Bonchev–Trinajstić information content (AvgIpc) is 3.88. The van der Waals surface area contributed by atoms with Crippen LogP contribution in [0.15, 0.2) is 277 Å². The Kier molecular flexibility index (Phi) is 10.2. The monoisotopic (exact) mass is 891 g/mol. The van der Waals surface area contributed by atoms with Crippen molar-refractivity contribution in [2.45, 2.75) is 0 Å². The van der Waals surface area contributed by atoms with Crippen LogP contribution >= 0.6 is 0 Å². The van der Waals surface area contributed by atoms with E-state index in [1.54, 1.807) is 0 Å². The van der Waals surface area contributed by atoms with Crippen molar-refractivity contribution in [1.82, 2.24) is 0 Å². The summed E-state index contributed by atoms with van der Waals surface area (Å²) >= 11 is 0. The van der Waals surface area contributed by atoms with Crippen LogP contribution in [-0.4, -0.2) is 0 Å². The maximum Gasteiger partial charge on any atom is 0.136 e. The van der Waals surface area contributed by atoms with Crippen molar-refractivity contribution in [2.24, 2.45) is 0 Å². The Balaban J connectivity index is 0.856. The van der Waals surface area contributed by atoms with Crippen molar-refractivity contribution in [3.8, 4) is 67.0 Å². The molecule has 0 aliphatic heterocycles. The van der Waals surface area contributed by atoms with Gasteiger partial charge in [0.05, 0.1) is 0 Å². The van der Waals surface area contributed by atoms with E-state index in [4.69, 9.17) is 4.42 Å². The van der Waals surface area contributed by atoms with E-state index in [1.807, 2.05) is 12.1 Å². The Morgan fingerprint density at radius 2 is 0.686 bits per heavy atom. The highest BCUT2D eigenvalue weighted by Gasteiger charge is 2.17. The predicted molar refractivity (Wildman–Crippen MR) is 296 cm³/mol. The van der Waals surface area contributed by atoms with Gasteiger partial charge in [-0.15, -0.1) is 0 Å². The van der Waals surface area contributed by atoms with Crippen LogP contribution in [0.3, 0.4) is 0 Å². The van der Waals surface area contributed by atoms with Crippen LogP contribution in [-0.2, 0) is 0 Å². The Morgan fingerprint density at radius 1 is 0.229 bits per heavy atom. The molecule has 13 aromatic rings. The highest BCUT2D eigenvalue weighted by Crippen LogP contribution is 2.42. The summed E-state index contributed by atoms with van der Waals surface area (Å²) in [5, 5.41) is 8.66. The number of fused-ring (bicyclic) bond motifs is 5. The molecule has 2 nitrogen and oxygen atoms in total. The lowest BCUT2D eigenvalue weighted by Crippen LogP contribution is -2.09. The topological polar surface area (TPSA) is 16.4 Å². The average molecular weight is 892 g/mol. The van der Waals surface area contributed by atoms with E-state index in [1.165, 1.54) is 65.7 Å². The second kappa shape index (κ2) is 17.4. The molecule has 1 heterocycles. The van der Waals surface area contributed by atoms with E-state index in [-0.39, 0.29) is 0 Å². The van der Waals surface area contributed by atoms with Gasteiger partial charge in [-0.1, -0.05) is 212 Å². The molecule has 0 radical (unpaired) electrons. The summed E-state index contributed by atoms with van der Waals surface area (Å²) in [7, 11) is 0. The van der Waals surface area contributed by atoms with E-state index in [2.05, 4.69) is 266 Å². The molecule has 328 valence electrons. The van der Waals surface area contributed by atoms with Crippen LogP contribution in [0.25, 0.3) is 110 Å². The summed E-state index contributed by atoms with van der Waals surface area (Å²) in [4.78, 5) is 2.35. The van der Waals surface area contributed by atoms with Gasteiger partial charge in [-0.3, -0.25) is 0 Å². The van der Waals surface area contributed by atoms with Crippen LogP contribution < -0.4 is 4.90 Å². The first-order valence-corrected chi connectivity index (χ1v) is 24.0. The zero-order valence-corrected chi connectivity index (χ0v) is 38.3. The van der Waals surface area contributed by atoms with Gasteiger partial charge in [0.25, 0.3) is 0 Å². The second-order valence-corrected chi connectivity index (χ2v) is 18.1. The number of furan rings is 1. The molecule has 0 spiro atoms. The van der Waals surface area contributed by atoms with Crippen molar-refractivity contribution in [1.29, 1.82) is 0 Å². The number of rotatable bonds is 9. The zero-order valence-electron chi connectivity index (χ0n) is 38.3. The van der Waals surface area contributed by atoms with Gasteiger partial charge in [0.2, 0.25) is 0 Å². The van der Waals surface area contributed by atoms with E-state index in [0.717, 1.165) is 61.6 Å². The quantitative estimate of drug-likeness (QED) is 0.134. The summed E-state index contributed by atoms with van der Waals surface area (Å²) in [5.41, 5.74) is 16.9. The van der Waals surface area contributed by atoms with Gasteiger partial charge >= 0.3 is 0 Å². The molecule has 0 amide bonds. The van der Waals surface area contributed by atoms with Gasteiger partial charge in [0.1, 0.15) is 11.3 Å². The van der Waals surface area contributed by atoms with E-state index in [0.29, 0.717) is 0 Å². The molecule has 0 unspecified atom stereocenters. The summed E-state index contributed by atoms with van der Waals surface area (Å²) in [5.74, 6) is 0.856. The van der Waals surface area contributed by atoms with Crippen molar-refractivity contribution in [3.63, 3.8) is 0 Å². The Morgan fingerprint density at radius 3 is 1.36 bits per heavy atom. The molecule has 0 saturated carbocycles. The molecule has 0 N–H and O–H groups in total. The molecule has 70 heavy (non-hydrogen) atoms. The molecule has 2 heteroatoms. The molecule has 13 rings (SSSR count). The lowest BCUT2D eigenvalue weighted by atomic mass is 9.93. The number of nitrogens with zero attached hydrogens (tertiary/aromatic N) is 1. The maximum atomic E-state index is 6.49. The van der Waals surface area contributed by atoms with Crippen LogP contribution in [0, 0.1) is 0 Å².